The fourth-order valence-electron chi connectivity index (χ4n) is 2.09. The molecule has 126 valence electrons. The highest BCUT2D eigenvalue weighted by Gasteiger charge is 2.32. The Hall–Kier alpha value is -2.94. The first-order chi connectivity index (χ1) is 11.2. The minimum Gasteiger partial charge on any atom is -0.480 e. The van der Waals surface area contributed by atoms with Crippen LogP contribution in [0.3, 0.4) is 0 Å². The Morgan fingerprint density at radius 2 is 1.75 bits per heavy atom. The maximum atomic E-state index is 12.8. The fraction of sp³-hybridized carbons (Fsp3) is 0.133. The van der Waals surface area contributed by atoms with E-state index in [4.69, 9.17) is 5.11 Å². The van der Waals surface area contributed by atoms with Gasteiger partial charge in [0, 0.05) is 6.07 Å². The molecule has 0 atom stereocenters. The van der Waals surface area contributed by atoms with Gasteiger partial charge in [-0.3, -0.25) is 19.2 Å². The van der Waals surface area contributed by atoms with Crippen molar-refractivity contribution in [3.05, 3.63) is 64.2 Å². The molecule has 2 aromatic carbocycles. The maximum absolute atomic E-state index is 12.8. The van der Waals surface area contributed by atoms with Crippen molar-refractivity contribution in [1.82, 2.24) is 0 Å². The number of para-hydroxylation sites is 1. The second kappa shape index (κ2) is 6.67. The van der Waals surface area contributed by atoms with Crippen molar-refractivity contribution in [2.75, 3.05) is 10.8 Å². The molecule has 0 saturated heterocycles. The molecule has 9 heteroatoms. The number of benzene rings is 2. The number of nitro groups is 1. The summed E-state index contributed by atoms with van der Waals surface area (Å²) < 4.78 is 26.3. The highest BCUT2D eigenvalue weighted by atomic mass is 32.2. The molecule has 8 nitrogen and oxygen atoms in total. The maximum Gasteiger partial charge on any atom is 0.324 e. The first kappa shape index (κ1) is 17.4. The molecule has 0 aliphatic heterocycles. The zero-order valence-corrected chi connectivity index (χ0v) is 13.4. The van der Waals surface area contributed by atoms with Gasteiger partial charge in [-0.25, -0.2) is 8.42 Å². The number of hydrogen-bond acceptors (Lipinski definition) is 5. The summed E-state index contributed by atoms with van der Waals surface area (Å²) in [5.41, 5.74) is 0.360. The number of carboxylic acids is 1. The lowest BCUT2D eigenvalue weighted by Gasteiger charge is -2.22. The molecule has 0 radical (unpaired) electrons. The molecule has 0 aliphatic rings. The van der Waals surface area contributed by atoms with Gasteiger partial charge >= 0.3 is 5.97 Å². The van der Waals surface area contributed by atoms with Crippen LogP contribution in [0.5, 0.6) is 0 Å². The van der Waals surface area contributed by atoms with Gasteiger partial charge in [0.2, 0.25) is 0 Å². The van der Waals surface area contributed by atoms with E-state index in [0.29, 0.717) is 4.31 Å². The van der Waals surface area contributed by atoms with Crippen LogP contribution in [0.4, 0.5) is 11.4 Å². The highest BCUT2D eigenvalue weighted by Crippen LogP contribution is 2.29. The average Bonchev–Trinajstić information content (AvgIpc) is 2.53. The van der Waals surface area contributed by atoms with Crippen molar-refractivity contribution >= 4 is 27.4 Å². The molecular weight excluding hydrogens is 336 g/mol. The third-order valence-corrected chi connectivity index (χ3v) is 5.05. The van der Waals surface area contributed by atoms with Crippen LogP contribution >= 0.6 is 0 Å². The third-order valence-electron chi connectivity index (χ3n) is 3.23. The Morgan fingerprint density at radius 3 is 2.29 bits per heavy atom. The lowest BCUT2D eigenvalue weighted by Crippen LogP contribution is -2.36. The van der Waals surface area contributed by atoms with E-state index in [1.807, 2.05) is 0 Å². The predicted octanol–water partition coefficient (Wildman–Crippen LogP) is 2.18. The van der Waals surface area contributed by atoms with Crippen LogP contribution < -0.4 is 4.31 Å². The van der Waals surface area contributed by atoms with Gasteiger partial charge in [0.1, 0.15) is 6.54 Å². The first-order valence-corrected chi connectivity index (χ1v) is 8.22. The van der Waals surface area contributed by atoms with Crippen molar-refractivity contribution in [1.29, 1.82) is 0 Å². The number of aryl methyl sites for hydroxylation is 1. The molecule has 0 saturated carbocycles. The Kier molecular flexibility index (Phi) is 4.84. The molecule has 1 N–H and O–H groups in total. The molecule has 2 rings (SSSR count). The summed E-state index contributed by atoms with van der Waals surface area (Å²) in [6, 6.07) is 11.0. The lowest BCUT2D eigenvalue weighted by molar-refractivity contribution is -0.387. The minimum absolute atomic E-state index is 0.112. The number of nitro benzene ring substituents is 1. The smallest absolute Gasteiger partial charge is 0.324 e. The van der Waals surface area contributed by atoms with Gasteiger partial charge in [0.25, 0.3) is 15.7 Å². The summed E-state index contributed by atoms with van der Waals surface area (Å²) in [7, 11) is -4.43. The van der Waals surface area contributed by atoms with Crippen LogP contribution in [-0.2, 0) is 14.8 Å². The molecule has 0 fully saturated rings. The Morgan fingerprint density at radius 1 is 1.17 bits per heavy atom. The van der Waals surface area contributed by atoms with E-state index < -0.39 is 38.0 Å². The van der Waals surface area contributed by atoms with Crippen molar-refractivity contribution < 1.29 is 23.2 Å². The van der Waals surface area contributed by atoms with Gasteiger partial charge < -0.3 is 5.11 Å². The van der Waals surface area contributed by atoms with Gasteiger partial charge in [-0.1, -0.05) is 29.8 Å². The van der Waals surface area contributed by atoms with Gasteiger partial charge in [-0.15, -0.1) is 0 Å². The number of carboxylic acid groups (broad SMARTS) is 1. The van der Waals surface area contributed by atoms with Gasteiger partial charge in [0.15, 0.2) is 4.90 Å². The highest BCUT2D eigenvalue weighted by molar-refractivity contribution is 7.93. The number of carbonyl (C=O) groups is 1. The SMILES string of the molecule is Cc1ccc(N(CC(=O)O)S(=O)(=O)c2ccccc2[N+](=O)[O-])cc1. The standard InChI is InChI=1S/C15H14N2O6S/c1-11-6-8-12(9-7-11)16(10-15(18)19)24(22,23)14-5-3-2-4-13(14)17(20)21/h2-9H,10H2,1H3,(H,18,19). The van der Waals surface area contributed by atoms with E-state index in [0.717, 1.165) is 17.7 Å². The number of rotatable bonds is 6. The van der Waals surface area contributed by atoms with E-state index in [1.54, 1.807) is 19.1 Å². The van der Waals surface area contributed by atoms with E-state index in [1.165, 1.54) is 24.3 Å². The third kappa shape index (κ3) is 3.51. The normalized spacial score (nSPS) is 11.0. The van der Waals surface area contributed by atoms with Crippen LogP contribution in [0.15, 0.2) is 53.4 Å². The lowest BCUT2D eigenvalue weighted by atomic mass is 10.2. The molecule has 0 bridgehead atoms. The summed E-state index contributed by atoms with van der Waals surface area (Å²) in [4.78, 5) is 20.8. The largest absolute Gasteiger partial charge is 0.480 e. The summed E-state index contributed by atoms with van der Waals surface area (Å²) in [6.07, 6.45) is 0. The molecule has 2 aromatic rings. The molecular formula is C15H14N2O6S. The van der Waals surface area contributed by atoms with E-state index in [9.17, 15) is 23.3 Å². The van der Waals surface area contributed by atoms with Crippen LogP contribution in [0, 0.1) is 17.0 Å². The van der Waals surface area contributed by atoms with Crippen LogP contribution in [0.25, 0.3) is 0 Å². The van der Waals surface area contributed by atoms with Gasteiger partial charge in [-0.05, 0) is 25.1 Å². The number of nitrogens with zero attached hydrogens (tertiary/aromatic N) is 2. The van der Waals surface area contributed by atoms with Crippen LogP contribution in [0.2, 0.25) is 0 Å². The Balaban J connectivity index is 2.62. The Labute approximate surface area is 138 Å². The first-order valence-electron chi connectivity index (χ1n) is 6.78. The van der Waals surface area contributed by atoms with Gasteiger partial charge in [0.05, 0.1) is 10.6 Å². The van der Waals surface area contributed by atoms with Crippen LogP contribution in [0.1, 0.15) is 5.56 Å². The summed E-state index contributed by atoms with van der Waals surface area (Å²) in [6.45, 7) is 0.944. The van der Waals surface area contributed by atoms with Crippen molar-refractivity contribution in [3.63, 3.8) is 0 Å². The molecule has 24 heavy (non-hydrogen) atoms. The molecule has 0 aromatic heterocycles. The average molecular weight is 350 g/mol. The van der Waals surface area contributed by atoms with Crippen molar-refractivity contribution in [2.24, 2.45) is 0 Å². The van der Waals surface area contributed by atoms with Crippen molar-refractivity contribution in [3.8, 4) is 0 Å². The quantitative estimate of drug-likeness (QED) is 0.630. The van der Waals surface area contributed by atoms with Crippen molar-refractivity contribution in [2.45, 2.75) is 11.8 Å². The monoisotopic (exact) mass is 350 g/mol. The topological polar surface area (TPSA) is 118 Å². The van der Waals surface area contributed by atoms with E-state index in [-0.39, 0.29) is 5.69 Å². The van der Waals surface area contributed by atoms with E-state index in [2.05, 4.69) is 0 Å². The van der Waals surface area contributed by atoms with E-state index >= 15 is 0 Å². The summed E-state index contributed by atoms with van der Waals surface area (Å²) >= 11 is 0. The second-order valence-corrected chi connectivity index (χ2v) is 6.80. The molecule has 0 unspecified atom stereocenters. The predicted molar refractivity (Wildman–Crippen MR) is 86.4 cm³/mol. The number of hydrogen-bond donors (Lipinski definition) is 1. The zero-order chi connectivity index (χ0) is 17.9. The number of aliphatic carboxylic acids is 1. The summed E-state index contributed by atoms with van der Waals surface area (Å²) in [5, 5.41) is 20.1. The second-order valence-electron chi connectivity index (χ2n) is 4.97. The fourth-order valence-corrected chi connectivity index (χ4v) is 3.67. The number of anilines is 1. The molecule has 0 amide bonds. The molecule has 0 heterocycles. The summed E-state index contributed by atoms with van der Waals surface area (Å²) in [5.74, 6) is -1.38. The molecule has 0 aliphatic carbocycles. The van der Waals surface area contributed by atoms with Crippen LogP contribution in [-0.4, -0.2) is 31.0 Å². The minimum atomic E-state index is -4.43. The Bertz CT molecular complexity index is 877. The molecule has 0 spiro atoms. The zero-order valence-electron chi connectivity index (χ0n) is 12.6. The number of sulfonamides is 1. The van der Waals surface area contributed by atoms with Gasteiger partial charge in [-0.2, -0.15) is 0 Å².